The molecule has 5 atom stereocenters. The molecular formula is C22H32O7. The van der Waals surface area contributed by atoms with Gasteiger partial charge in [0.2, 0.25) is 0 Å². The van der Waals surface area contributed by atoms with Crippen LogP contribution in [0.1, 0.15) is 53.4 Å². The molecule has 0 bridgehead atoms. The van der Waals surface area contributed by atoms with Crippen LogP contribution in [0.5, 0.6) is 0 Å². The van der Waals surface area contributed by atoms with Gasteiger partial charge in [0, 0.05) is 23.8 Å². The van der Waals surface area contributed by atoms with E-state index in [4.69, 9.17) is 14.2 Å². The number of aliphatic hydroxyl groups is 1. The molecule has 0 aromatic heterocycles. The van der Waals surface area contributed by atoms with Gasteiger partial charge in [0.15, 0.2) is 0 Å². The van der Waals surface area contributed by atoms with Crippen molar-refractivity contribution >= 4 is 17.9 Å². The number of carbonyl (C=O) groups excluding carboxylic acids is 3. The first-order valence-corrected chi connectivity index (χ1v) is 9.92. The van der Waals surface area contributed by atoms with Crippen LogP contribution in [0.15, 0.2) is 24.3 Å². The van der Waals surface area contributed by atoms with E-state index in [1.807, 2.05) is 6.92 Å². The summed E-state index contributed by atoms with van der Waals surface area (Å²) >= 11 is 0. The molecule has 0 aromatic rings. The van der Waals surface area contributed by atoms with Gasteiger partial charge in [-0.1, -0.05) is 33.9 Å². The highest BCUT2D eigenvalue weighted by atomic mass is 16.6. The van der Waals surface area contributed by atoms with Crippen LogP contribution in [-0.2, 0) is 28.6 Å². The Bertz CT molecular complexity index is 725. The van der Waals surface area contributed by atoms with Crippen molar-refractivity contribution in [2.45, 2.75) is 71.2 Å². The van der Waals surface area contributed by atoms with Gasteiger partial charge in [0.25, 0.3) is 0 Å². The number of methoxy groups -OCH3 is 1. The maximum absolute atomic E-state index is 12.1. The lowest BCUT2D eigenvalue weighted by Crippen LogP contribution is -2.61. The summed E-state index contributed by atoms with van der Waals surface area (Å²) in [5.74, 6) is -2.38. The second-order valence-corrected chi connectivity index (χ2v) is 8.74. The molecule has 2 aliphatic rings. The second kappa shape index (κ2) is 8.30. The Balaban J connectivity index is 2.38. The third-order valence-electron chi connectivity index (χ3n) is 6.43. The third kappa shape index (κ3) is 4.25. The highest BCUT2D eigenvalue weighted by Gasteiger charge is 2.61. The minimum atomic E-state index is -1.41. The van der Waals surface area contributed by atoms with Gasteiger partial charge in [-0.25, -0.2) is 4.79 Å². The van der Waals surface area contributed by atoms with Crippen LogP contribution in [-0.4, -0.2) is 47.9 Å². The summed E-state index contributed by atoms with van der Waals surface area (Å²) in [7, 11) is 1.25. The average Bonchev–Trinajstić information content (AvgIpc) is 2.64. The summed E-state index contributed by atoms with van der Waals surface area (Å²) in [6.07, 6.45) is 0.240. The van der Waals surface area contributed by atoms with Crippen molar-refractivity contribution in [2.75, 3.05) is 7.11 Å². The Hall–Kier alpha value is -2.15. The van der Waals surface area contributed by atoms with Crippen LogP contribution in [0.3, 0.4) is 0 Å². The Kier molecular flexibility index (Phi) is 6.62. The summed E-state index contributed by atoms with van der Waals surface area (Å²) in [5.41, 5.74) is -1.53. The van der Waals surface area contributed by atoms with E-state index in [0.29, 0.717) is 24.8 Å². The van der Waals surface area contributed by atoms with Gasteiger partial charge >= 0.3 is 17.9 Å². The molecule has 162 valence electrons. The zero-order valence-corrected chi connectivity index (χ0v) is 17.9. The standard InChI is InChI=1S/C22H32O7/c1-12(2)19(24)29-17-8-9-21(6)11-18(28-15(5)23)16(13(3)20(25)27-7)10-22(21,26)14(17)4/h12,16-18,26H,3-4,8-11H2,1-2,5-7H3/t16-,17+,18-,21-,22-/m1/s1. The van der Waals surface area contributed by atoms with Crippen molar-refractivity contribution in [3.05, 3.63) is 24.3 Å². The van der Waals surface area contributed by atoms with Crippen molar-refractivity contribution in [2.24, 2.45) is 17.3 Å². The fraction of sp³-hybridized carbons (Fsp3) is 0.682. The average molecular weight is 408 g/mol. The van der Waals surface area contributed by atoms with Gasteiger partial charge in [-0.3, -0.25) is 9.59 Å². The number of carbonyl (C=O) groups is 3. The topological polar surface area (TPSA) is 99.1 Å². The smallest absolute Gasteiger partial charge is 0.333 e. The number of fused-ring (bicyclic) bond motifs is 1. The molecule has 2 rings (SSSR count). The van der Waals surface area contributed by atoms with Crippen LogP contribution < -0.4 is 0 Å². The molecule has 0 unspecified atom stereocenters. The Morgan fingerprint density at radius 1 is 1.21 bits per heavy atom. The minimum absolute atomic E-state index is 0.0734. The molecule has 0 aliphatic heterocycles. The van der Waals surface area contributed by atoms with Gasteiger partial charge in [-0.05, 0) is 31.3 Å². The summed E-state index contributed by atoms with van der Waals surface area (Å²) in [5, 5.41) is 11.7. The van der Waals surface area contributed by atoms with Crippen molar-refractivity contribution in [1.82, 2.24) is 0 Å². The minimum Gasteiger partial charge on any atom is -0.466 e. The fourth-order valence-electron chi connectivity index (χ4n) is 4.54. The van der Waals surface area contributed by atoms with E-state index in [1.54, 1.807) is 13.8 Å². The van der Waals surface area contributed by atoms with Gasteiger partial charge in [-0.2, -0.15) is 0 Å². The first-order valence-electron chi connectivity index (χ1n) is 9.92. The lowest BCUT2D eigenvalue weighted by molar-refractivity contribution is -0.185. The predicted octanol–water partition coefficient (Wildman–Crippen LogP) is 2.71. The van der Waals surface area contributed by atoms with Crippen molar-refractivity contribution < 1.29 is 33.7 Å². The van der Waals surface area contributed by atoms with Crippen LogP contribution in [0.4, 0.5) is 0 Å². The van der Waals surface area contributed by atoms with E-state index < -0.39 is 41.1 Å². The van der Waals surface area contributed by atoms with Crippen LogP contribution in [0.25, 0.3) is 0 Å². The van der Waals surface area contributed by atoms with E-state index >= 15 is 0 Å². The van der Waals surface area contributed by atoms with Gasteiger partial charge < -0.3 is 19.3 Å². The molecule has 29 heavy (non-hydrogen) atoms. The zero-order chi connectivity index (χ0) is 22.1. The van der Waals surface area contributed by atoms with Crippen LogP contribution >= 0.6 is 0 Å². The van der Waals surface area contributed by atoms with E-state index in [2.05, 4.69) is 13.2 Å². The fourth-order valence-corrected chi connectivity index (χ4v) is 4.54. The molecule has 0 radical (unpaired) electrons. The molecule has 2 aliphatic carbocycles. The summed E-state index contributed by atoms with van der Waals surface area (Å²) in [6.45, 7) is 14.6. The van der Waals surface area contributed by atoms with Gasteiger partial charge in [0.1, 0.15) is 12.2 Å². The van der Waals surface area contributed by atoms with Crippen molar-refractivity contribution in [1.29, 1.82) is 0 Å². The molecule has 0 saturated heterocycles. The normalized spacial score (nSPS) is 34.2. The van der Waals surface area contributed by atoms with Crippen LogP contribution in [0.2, 0.25) is 0 Å². The second-order valence-electron chi connectivity index (χ2n) is 8.74. The van der Waals surface area contributed by atoms with Crippen molar-refractivity contribution in [3.8, 4) is 0 Å². The highest BCUT2D eigenvalue weighted by Crippen LogP contribution is 2.58. The van der Waals surface area contributed by atoms with Crippen molar-refractivity contribution in [3.63, 3.8) is 0 Å². The quantitative estimate of drug-likeness (QED) is 0.323. The lowest BCUT2D eigenvalue weighted by Gasteiger charge is -2.57. The molecular weight excluding hydrogens is 376 g/mol. The molecule has 2 saturated carbocycles. The molecule has 0 aromatic carbocycles. The summed E-state index contributed by atoms with van der Waals surface area (Å²) < 4.78 is 15.9. The Morgan fingerprint density at radius 2 is 1.83 bits per heavy atom. The molecule has 2 fully saturated rings. The van der Waals surface area contributed by atoms with E-state index in [-0.39, 0.29) is 23.9 Å². The van der Waals surface area contributed by atoms with Crippen LogP contribution in [0, 0.1) is 17.3 Å². The third-order valence-corrected chi connectivity index (χ3v) is 6.43. The number of hydrogen-bond acceptors (Lipinski definition) is 7. The molecule has 7 nitrogen and oxygen atoms in total. The number of esters is 3. The zero-order valence-electron chi connectivity index (χ0n) is 17.9. The SMILES string of the molecule is C=C(C(=O)OC)[C@H]1C[C@@]2(O)C(=C)[C@@H](OC(=O)C(C)C)CC[C@]2(C)C[C@H]1OC(C)=O. The van der Waals surface area contributed by atoms with E-state index in [0.717, 1.165) is 0 Å². The van der Waals surface area contributed by atoms with Gasteiger partial charge in [0.05, 0.1) is 18.6 Å². The molecule has 0 amide bonds. The highest BCUT2D eigenvalue weighted by molar-refractivity contribution is 5.88. The molecule has 0 spiro atoms. The first kappa shape index (κ1) is 23.1. The predicted molar refractivity (Wildman–Crippen MR) is 106 cm³/mol. The maximum atomic E-state index is 12.1. The number of hydrogen-bond donors (Lipinski definition) is 1. The monoisotopic (exact) mass is 408 g/mol. The maximum Gasteiger partial charge on any atom is 0.333 e. The van der Waals surface area contributed by atoms with Gasteiger partial charge in [-0.15, -0.1) is 0 Å². The molecule has 7 heteroatoms. The lowest BCUT2D eigenvalue weighted by atomic mass is 9.52. The first-order chi connectivity index (χ1) is 13.4. The molecule has 0 heterocycles. The number of rotatable bonds is 5. The summed E-state index contributed by atoms with van der Waals surface area (Å²) in [4.78, 5) is 35.9. The largest absolute Gasteiger partial charge is 0.466 e. The Labute approximate surface area is 172 Å². The van der Waals surface area contributed by atoms with E-state index in [9.17, 15) is 19.5 Å². The molecule has 1 N–H and O–H groups in total. The summed E-state index contributed by atoms with van der Waals surface area (Å²) in [6, 6.07) is 0. The van der Waals surface area contributed by atoms with E-state index in [1.165, 1.54) is 14.0 Å². The number of ether oxygens (including phenoxy) is 3. The Morgan fingerprint density at radius 3 is 2.34 bits per heavy atom.